The van der Waals surface area contributed by atoms with Crippen LogP contribution in [-0.2, 0) is 0 Å². The predicted octanol–water partition coefficient (Wildman–Crippen LogP) is 1.56. The van der Waals surface area contributed by atoms with E-state index >= 15 is 0 Å². The summed E-state index contributed by atoms with van der Waals surface area (Å²) >= 11 is 0. The van der Waals surface area contributed by atoms with E-state index in [9.17, 15) is 0 Å². The van der Waals surface area contributed by atoms with Crippen molar-refractivity contribution in [3.8, 4) is 0 Å². The Balaban J connectivity index is 2.01. The molecule has 0 N–H and O–H groups in total. The van der Waals surface area contributed by atoms with E-state index in [0.717, 1.165) is 18.1 Å². The SMILES string of the molecule is CC(C)N1CC2CCCN2CC1C. The summed E-state index contributed by atoms with van der Waals surface area (Å²) in [5, 5.41) is 0. The first-order valence-electron chi connectivity index (χ1n) is 5.68. The minimum atomic E-state index is 0.720. The van der Waals surface area contributed by atoms with Crippen LogP contribution in [0.4, 0.5) is 0 Å². The highest BCUT2D eigenvalue weighted by Crippen LogP contribution is 2.25. The van der Waals surface area contributed by atoms with Gasteiger partial charge in [0, 0.05) is 31.2 Å². The lowest BCUT2D eigenvalue weighted by atomic mass is 10.1. The van der Waals surface area contributed by atoms with Gasteiger partial charge in [-0.25, -0.2) is 0 Å². The molecule has 2 unspecified atom stereocenters. The molecular weight excluding hydrogens is 160 g/mol. The molecule has 0 bridgehead atoms. The van der Waals surface area contributed by atoms with Gasteiger partial charge in [0.1, 0.15) is 0 Å². The van der Waals surface area contributed by atoms with Crippen molar-refractivity contribution in [3.63, 3.8) is 0 Å². The quantitative estimate of drug-likeness (QED) is 0.607. The van der Waals surface area contributed by atoms with Crippen molar-refractivity contribution >= 4 is 0 Å². The van der Waals surface area contributed by atoms with Crippen LogP contribution in [0.2, 0.25) is 0 Å². The van der Waals surface area contributed by atoms with E-state index in [-0.39, 0.29) is 0 Å². The van der Waals surface area contributed by atoms with Crippen molar-refractivity contribution < 1.29 is 0 Å². The summed E-state index contributed by atoms with van der Waals surface area (Å²) < 4.78 is 0. The molecule has 76 valence electrons. The number of fused-ring (bicyclic) bond motifs is 1. The maximum Gasteiger partial charge on any atom is 0.0224 e. The summed E-state index contributed by atoms with van der Waals surface area (Å²) in [6, 6.07) is 2.35. The van der Waals surface area contributed by atoms with Crippen LogP contribution in [0, 0.1) is 0 Å². The molecule has 0 aromatic carbocycles. The summed E-state index contributed by atoms with van der Waals surface area (Å²) in [5.41, 5.74) is 0. The van der Waals surface area contributed by atoms with E-state index in [1.807, 2.05) is 0 Å². The Morgan fingerprint density at radius 2 is 2.00 bits per heavy atom. The third kappa shape index (κ3) is 1.75. The first-order valence-corrected chi connectivity index (χ1v) is 5.68. The van der Waals surface area contributed by atoms with Crippen molar-refractivity contribution in [2.75, 3.05) is 19.6 Å². The van der Waals surface area contributed by atoms with Gasteiger partial charge in [0.2, 0.25) is 0 Å². The molecule has 0 aliphatic carbocycles. The molecule has 2 heteroatoms. The van der Waals surface area contributed by atoms with E-state index < -0.39 is 0 Å². The second kappa shape index (κ2) is 3.58. The molecule has 2 nitrogen and oxygen atoms in total. The van der Waals surface area contributed by atoms with Crippen LogP contribution >= 0.6 is 0 Å². The van der Waals surface area contributed by atoms with E-state index in [1.165, 1.54) is 32.5 Å². The molecular formula is C11H22N2. The fraction of sp³-hybridized carbons (Fsp3) is 1.00. The minimum Gasteiger partial charge on any atom is -0.298 e. The summed E-state index contributed by atoms with van der Waals surface area (Å²) in [5.74, 6) is 0. The molecule has 2 aliphatic heterocycles. The van der Waals surface area contributed by atoms with Crippen molar-refractivity contribution in [3.05, 3.63) is 0 Å². The summed E-state index contributed by atoms with van der Waals surface area (Å²) in [7, 11) is 0. The molecule has 2 fully saturated rings. The largest absolute Gasteiger partial charge is 0.298 e. The number of piperazine rings is 1. The lowest BCUT2D eigenvalue weighted by Gasteiger charge is -2.44. The monoisotopic (exact) mass is 182 g/mol. The van der Waals surface area contributed by atoms with E-state index in [0.29, 0.717) is 0 Å². The second-order valence-corrected chi connectivity index (χ2v) is 4.93. The van der Waals surface area contributed by atoms with Crippen LogP contribution in [0.1, 0.15) is 33.6 Å². The van der Waals surface area contributed by atoms with Gasteiger partial charge in [-0.15, -0.1) is 0 Å². The average Bonchev–Trinajstić information content (AvgIpc) is 2.48. The van der Waals surface area contributed by atoms with Crippen LogP contribution < -0.4 is 0 Å². The van der Waals surface area contributed by atoms with Crippen molar-refractivity contribution in [2.45, 2.75) is 51.7 Å². The summed E-state index contributed by atoms with van der Waals surface area (Å²) in [4.78, 5) is 5.34. The van der Waals surface area contributed by atoms with Gasteiger partial charge < -0.3 is 0 Å². The van der Waals surface area contributed by atoms with Crippen molar-refractivity contribution in [2.24, 2.45) is 0 Å². The van der Waals surface area contributed by atoms with E-state index in [2.05, 4.69) is 30.6 Å². The molecule has 0 saturated carbocycles. The lowest BCUT2D eigenvalue weighted by molar-refractivity contribution is 0.0383. The van der Waals surface area contributed by atoms with Gasteiger partial charge in [0.25, 0.3) is 0 Å². The Morgan fingerprint density at radius 1 is 1.23 bits per heavy atom. The zero-order chi connectivity index (χ0) is 9.42. The molecule has 0 spiro atoms. The molecule has 0 aromatic heterocycles. The van der Waals surface area contributed by atoms with Crippen LogP contribution in [0.15, 0.2) is 0 Å². The molecule has 2 saturated heterocycles. The number of hydrogen-bond acceptors (Lipinski definition) is 2. The zero-order valence-electron chi connectivity index (χ0n) is 9.16. The number of hydrogen-bond donors (Lipinski definition) is 0. The molecule has 2 heterocycles. The smallest absolute Gasteiger partial charge is 0.0224 e. The highest BCUT2D eigenvalue weighted by Gasteiger charge is 2.34. The van der Waals surface area contributed by atoms with Gasteiger partial charge in [0.05, 0.1) is 0 Å². The Labute approximate surface area is 81.9 Å². The molecule has 0 radical (unpaired) electrons. The van der Waals surface area contributed by atoms with Gasteiger partial charge >= 0.3 is 0 Å². The fourth-order valence-electron chi connectivity index (χ4n) is 2.93. The van der Waals surface area contributed by atoms with Crippen LogP contribution in [-0.4, -0.2) is 47.6 Å². The molecule has 0 aromatic rings. The molecule has 2 atom stereocenters. The van der Waals surface area contributed by atoms with Gasteiger partial charge in [-0.05, 0) is 40.2 Å². The Kier molecular flexibility index (Phi) is 2.61. The standard InChI is InChI=1S/C11H22N2/c1-9(2)13-8-11-5-4-6-12(11)7-10(13)3/h9-11H,4-8H2,1-3H3. The maximum absolute atomic E-state index is 2.68. The third-order valence-corrected chi connectivity index (χ3v) is 3.65. The highest BCUT2D eigenvalue weighted by atomic mass is 15.3. The Bertz CT molecular complexity index is 179. The molecule has 2 rings (SSSR count). The maximum atomic E-state index is 2.68. The van der Waals surface area contributed by atoms with Crippen molar-refractivity contribution in [1.82, 2.24) is 9.80 Å². The zero-order valence-corrected chi connectivity index (χ0v) is 9.16. The highest BCUT2D eigenvalue weighted by molar-refractivity contribution is 4.91. The molecule has 2 aliphatic rings. The Hall–Kier alpha value is -0.0800. The first-order chi connectivity index (χ1) is 6.18. The number of rotatable bonds is 1. The second-order valence-electron chi connectivity index (χ2n) is 4.93. The Morgan fingerprint density at radius 3 is 2.69 bits per heavy atom. The summed E-state index contributed by atoms with van der Waals surface area (Å²) in [6.07, 6.45) is 2.85. The fourth-order valence-corrected chi connectivity index (χ4v) is 2.93. The van der Waals surface area contributed by atoms with Gasteiger partial charge in [0.15, 0.2) is 0 Å². The average molecular weight is 182 g/mol. The van der Waals surface area contributed by atoms with Crippen molar-refractivity contribution in [1.29, 1.82) is 0 Å². The third-order valence-electron chi connectivity index (χ3n) is 3.65. The minimum absolute atomic E-state index is 0.720. The van der Waals surface area contributed by atoms with E-state index in [4.69, 9.17) is 0 Å². The normalized spacial score (nSPS) is 36.9. The molecule has 0 amide bonds. The first kappa shape index (κ1) is 9.47. The summed E-state index contributed by atoms with van der Waals surface area (Å²) in [6.45, 7) is 11.0. The van der Waals surface area contributed by atoms with Crippen LogP contribution in [0.25, 0.3) is 0 Å². The predicted molar refractivity (Wildman–Crippen MR) is 55.9 cm³/mol. The van der Waals surface area contributed by atoms with Gasteiger partial charge in [-0.3, -0.25) is 9.80 Å². The topological polar surface area (TPSA) is 6.48 Å². The van der Waals surface area contributed by atoms with Crippen LogP contribution in [0.5, 0.6) is 0 Å². The van der Waals surface area contributed by atoms with Crippen LogP contribution in [0.3, 0.4) is 0 Å². The van der Waals surface area contributed by atoms with Gasteiger partial charge in [-0.1, -0.05) is 0 Å². The van der Waals surface area contributed by atoms with E-state index in [1.54, 1.807) is 0 Å². The molecule has 13 heavy (non-hydrogen) atoms. The number of nitrogens with zero attached hydrogens (tertiary/aromatic N) is 2. The lowest BCUT2D eigenvalue weighted by Crippen LogP contribution is -2.56. The van der Waals surface area contributed by atoms with Gasteiger partial charge in [-0.2, -0.15) is 0 Å².